The molecule has 4 aromatic heterocycles. The van der Waals surface area contributed by atoms with E-state index in [1.54, 1.807) is 30.5 Å². The van der Waals surface area contributed by atoms with Gasteiger partial charge in [-0.3, -0.25) is 4.98 Å². The van der Waals surface area contributed by atoms with Crippen molar-refractivity contribution >= 4 is 11.0 Å². The summed E-state index contributed by atoms with van der Waals surface area (Å²) >= 11 is 0. The minimum atomic E-state index is -4.61. The van der Waals surface area contributed by atoms with Crippen molar-refractivity contribution in [3.63, 3.8) is 0 Å². The number of hydrogen-bond donors (Lipinski definition) is 1. The summed E-state index contributed by atoms with van der Waals surface area (Å²) in [7, 11) is 0. The summed E-state index contributed by atoms with van der Waals surface area (Å²) < 4.78 is 71.2. The van der Waals surface area contributed by atoms with Crippen molar-refractivity contribution in [2.75, 3.05) is 0 Å². The molecule has 0 radical (unpaired) electrons. The van der Waals surface area contributed by atoms with Crippen LogP contribution >= 0.6 is 0 Å². The maximum absolute atomic E-state index is 14.2. The SMILES string of the molecule is Fc1cccc(-c2nc3cn[n+](Cc4ccc(-c5ccc(-c6ccncc6)cc5C(F)(F)F)nn4)cc3[nH]2)c1F. The highest BCUT2D eigenvalue weighted by molar-refractivity contribution is 5.77. The Bertz CT molecular complexity index is 1840. The van der Waals surface area contributed by atoms with Crippen LogP contribution in [0.2, 0.25) is 0 Å². The monoisotopic (exact) mass is 546 g/mol. The first-order valence-electron chi connectivity index (χ1n) is 11.9. The highest BCUT2D eigenvalue weighted by Gasteiger charge is 2.34. The number of hydrogen-bond acceptors (Lipinski definition) is 5. The molecule has 0 unspecified atom stereocenters. The maximum atomic E-state index is 14.2. The van der Waals surface area contributed by atoms with Gasteiger partial charge in [0.25, 0.3) is 0 Å². The van der Waals surface area contributed by atoms with Gasteiger partial charge in [-0.25, -0.2) is 13.8 Å². The van der Waals surface area contributed by atoms with Gasteiger partial charge in [-0.05, 0) is 58.7 Å². The molecule has 4 heterocycles. The molecule has 2 aromatic carbocycles. The first-order valence-corrected chi connectivity index (χ1v) is 11.9. The normalized spacial score (nSPS) is 11.7. The fourth-order valence-corrected chi connectivity index (χ4v) is 4.29. The first-order chi connectivity index (χ1) is 19.3. The van der Waals surface area contributed by atoms with Crippen LogP contribution in [0.3, 0.4) is 0 Å². The van der Waals surface area contributed by atoms with Crippen LogP contribution in [0.25, 0.3) is 44.8 Å². The third kappa shape index (κ3) is 4.86. The molecule has 0 aliphatic carbocycles. The van der Waals surface area contributed by atoms with Gasteiger partial charge in [0.2, 0.25) is 12.7 Å². The quantitative estimate of drug-likeness (QED) is 0.219. The summed E-state index contributed by atoms with van der Waals surface area (Å²) in [5.41, 5.74) is 1.55. The third-order valence-electron chi connectivity index (χ3n) is 6.23. The van der Waals surface area contributed by atoms with Crippen molar-refractivity contribution in [2.24, 2.45) is 0 Å². The highest BCUT2D eigenvalue weighted by Crippen LogP contribution is 2.38. The van der Waals surface area contributed by atoms with Gasteiger partial charge >= 0.3 is 6.18 Å². The Balaban J connectivity index is 1.26. The van der Waals surface area contributed by atoms with Crippen LogP contribution in [0.1, 0.15) is 11.3 Å². The lowest BCUT2D eigenvalue weighted by Gasteiger charge is -2.14. The average Bonchev–Trinajstić information content (AvgIpc) is 3.38. The molecule has 0 amide bonds. The Morgan fingerprint density at radius 2 is 1.68 bits per heavy atom. The molecule has 198 valence electrons. The number of pyridine rings is 1. The number of nitrogens with zero attached hydrogens (tertiary/aromatic N) is 6. The molecule has 0 aliphatic heterocycles. The second-order valence-corrected chi connectivity index (χ2v) is 8.86. The summed E-state index contributed by atoms with van der Waals surface area (Å²) in [4.78, 5) is 11.1. The molecule has 0 saturated heterocycles. The van der Waals surface area contributed by atoms with Crippen molar-refractivity contribution in [3.05, 3.63) is 108 Å². The number of rotatable bonds is 5. The van der Waals surface area contributed by atoms with Crippen molar-refractivity contribution in [1.82, 2.24) is 30.2 Å². The Kier molecular flexibility index (Phi) is 6.21. The molecule has 7 nitrogen and oxygen atoms in total. The van der Waals surface area contributed by atoms with E-state index in [2.05, 4.69) is 30.2 Å². The minimum absolute atomic E-state index is 0.0174. The van der Waals surface area contributed by atoms with E-state index in [0.29, 0.717) is 27.9 Å². The van der Waals surface area contributed by atoms with E-state index in [1.807, 2.05) is 0 Å². The van der Waals surface area contributed by atoms with Crippen LogP contribution in [-0.4, -0.2) is 30.2 Å². The lowest BCUT2D eigenvalue weighted by atomic mass is 9.97. The molecule has 0 bridgehead atoms. The molecule has 40 heavy (non-hydrogen) atoms. The number of aromatic amines is 1. The second kappa shape index (κ2) is 9.88. The average molecular weight is 546 g/mol. The van der Waals surface area contributed by atoms with E-state index in [4.69, 9.17) is 0 Å². The summed E-state index contributed by atoms with van der Waals surface area (Å²) in [6.07, 6.45) is 1.49. The number of fused-ring (bicyclic) bond motifs is 1. The van der Waals surface area contributed by atoms with E-state index in [1.165, 1.54) is 47.5 Å². The highest BCUT2D eigenvalue weighted by atomic mass is 19.4. The smallest absolute Gasteiger partial charge is 0.333 e. The number of aromatic nitrogens is 7. The minimum Gasteiger partial charge on any atom is -0.333 e. The van der Waals surface area contributed by atoms with Crippen molar-refractivity contribution in [1.29, 1.82) is 0 Å². The molecular formula is C28H17F5N7+. The number of H-pyrrole nitrogens is 1. The zero-order valence-electron chi connectivity index (χ0n) is 20.4. The molecule has 0 fully saturated rings. The molecule has 6 rings (SSSR count). The molecule has 0 atom stereocenters. The van der Waals surface area contributed by atoms with Gasteiger partial charge in [0.1, 0.15) is 28.7 Å². The van der Waals surface area contributed by atoms with Gasteiger partial charge in [-0.2, -0.15) is 18.3 Å². The van der Waals surface area contributed by atoms with Crippen LogP contribution in [-0.2, 0) is 12.7 Å². The molecule has 1 N–H and O–H groups in total. The summed E-state index contributed by atoms with van der Waals surface area (Å²) in [5.74, 6) is -1.86. The van der Waals surface area contributed by atoms with Gasteiger partial charge in [0.15, 0.2) is 11.6 Å². The fourth-order valence-electron chi connectivity index (χ4n) is 4.29. The summed E-state index contributed by atoms with van der Waals surface area (Å²) in [6, 6.07) is 14.2. The lowest BCUT2D eigenvalue weighted by Crippen LogP contribution is -2.38. The van der Waals surface area contributed by atoms with Crippen molar-refractivity contribution in [2.45, 2.75) is 12.7 Å². The summed E-state index contributed by atoms with van der Waals surface area (Å²) in [5, 5.41) is 12.4. The zero-order valence-corrected chi connectivity index (χ0v) is 20.4. The van der Waals surface area contributed by atoms with Gasteiger partial charge < -0.3 is 4.98 Å². The van der Waals surface area contributed by atoms with Crippen molar-refractivity contribution in [3.8, 4) is 33.8 Å². The largest absolute Gasteiger partial charge is 0.417 e. The number of halogens is 5. The van der Waals surface area contributed by atoms with Crippen LogP contribution in [0.15, 0.2) is 85.5 Å². The number of benzene rings is 2. The van der Waals surface area contributed by atoms with E-state index in [9.17, 15) is 22.0 Å². The second-order valence-electron chi connectivity index (χ2n) is 8.86. The van der Waals surface area contributed by atoms with Gasteiger partial charge in [-0.1, -0.05) is 22.9 Å². The number of nitrogens with one attached hydrogen (secondary N) is 1. The summed E-state index contributed by atoms with van der Waals surface area (Å²) in [6.45, 7) is 0.152. The van der Waals surface area contributed by atoms with Crippen molar-refractivity contribution < 1.29 is 26.6 Å². The molecule has 0 spiro atoms. The van der Waals surface area contributed by atoms with Crippen LogP contribution in [0.4, 0.5) is 22.0 Å². The van der Waals surface area contributed by atoms with Gasteiger partial charge in [0.05, 0.1) is 16.8 Å². The van der Waals surface area contributed by atoms with Gasteiger partial charge in [0, 0.05) is 18.0 Å². The zero-order chi connectivity index (χ0) is 27.9. The van der Waals surface area contributed by atoms with Crippen LogP contribution in [0.5, 0.6) is 0 Å². The van der Waals surface area contributed by atoms with Crippen LogP contribution in [0, 0.1) is 11.6 Å². The molecule has 0 saturated carbocycles. The standard InChI is InChI=1S/C28H16F5N7/c29-22-3-1-2-20(26(22)30)27-36-24-13-35-40(15-25(24)37-27)14-18-5-7-23(39-38-18)19-6-4-17(12-21(19)28(31,32)33)16-8-10-34-11-9-16/h1-13,15H,14H2/p+1. The molecular weight excluding hydrogens is 529 g/mol. The molecule has 12 heteroatoms. The fraction of sp³-hybridized carbons (Fsp3) is 0.0714. The van der Waals surface area contributed by atoms with E-state index >= 15 is 0 Å². The van der Waals surface area contributed by atoms with E-state index in [-0.39, 0.29) is 29.2 Å². The predicted octanol–water partition coefficient (Wildman–Crippen LogP) is 5.78. The molecule has 0 aliphatic rings. The Morgan fingerprint density at radius 3 is 2.42 bits per heavy atom. The van der Waals surface area contributed by atoms with Gasteiger partial charge in [-0.15, -0.1) is 5.10 Å². The third-order valence-corrected chi connectivity index (χ3v) is 6.23. The molecule has 6 aromatic rings. The van der Waals surface area contributed by atoms with E-state index in [0.717, 1.165) is 12.1 Å². The Morgan fingerprint density at radius 1 is 0.850 bits per heavy atom. The maximum Gasteiger partial charge on any atom is 0.417 e. The van der Waals surface area contributed by atoms with Crippen LogP contribution < -0.4 is 4.68 Å². The topological polar surface area (TPSA) is 84.1 Å². The number of imidazole rings is 1. The Hall–Kier alpha value is -5.13. The number of alkyl halides is 3. The first kappa shape index (κ1) is 25.2. The Labute approximate surface area is 223 Å². The predicted molar refractivity (Wildman–Crippen MR) is 134 cm³/mol. The lowest BCUT2D eigenvalue weighted by molar-refractivity contribution is -0.745. The van der Waals surface area contributed by atoms with E-state index < -0.39 is 23.4 Å².